The van der Waals surface area contributed by atoms with Gasteiger partial charge in [0, 0.05) is 6.54 Å². The number of hydrogen-bond donors (Lipinski definition) is 0. The van der Waals surface area contributed by atoms with Crippen LogP contribution < -0.4 is 0 Å². The van der Waals surface area contributed by atoms with Crippen LogP contribution >= 0.6 is 0 Å². The minimum atomic E-state index is 0.253. The van der Waals surface area contributed by atoms with E-state index in [1.165, 1.54) is 0 Å². The van der Waals surface area contributed by atoms with Crippen LogP contribution in [0.4, 0.5) is 0 Å². The van der Waals surface area contributed by atoms with Gasteiger partial charge in [-0.1, -0.05) is 11.8 Å². The third-order valence-corrected chi connectivity index (χ3v) is 1.86. The van der Waals surface area contributed by atoms with Gasteiger partial charge in [0.2, 0.25) is 0 Å². The molecule has 0 rings (SSSR count). The first-order valence-electron chi connectivity index (χ1n) is 5.49. The lowest BCUT2D eigenvalue weighted by Crippen LogP contribution is -2.28. The summed E-state index contributed by atoms with van der Waals surface area (Å²) < 4.78 is 10.7. The molecular weight excluding hydrogens is 202 g/mol. The first-order chi connectivity index (χ1) is 7.70. The summed E-state index contributed by atoms with van der Waals surface area (Å²) in [6.45, 7) is 7.76. The van der Waals surface area contributed by atoms with Gasteiger partial charge < -0.3 is 9.47 Å². The molecule has 0 aromatic rings. The number of terminal acetylenes is 2. The van der Waals surface area contributed by atoms with Crippen LogP contribution in [-0.4, -0.2) is 50.5 Å². The average Bonchev–Trinajstić information content (AvgIpc) is 2.23. The molecule has 3 heteroatoms. The molecule has 0 aromatic carbocycles. The van der Waals surface area contributed by atoms with E-state index >= 15 is 0 Å². The molecular formula is C13H21NO2. The molecule has 0 saturated carbocycles. The van der Waals surface area contributed by atoms with Crippen molar-refractivity contribution >= 4 is 0 Å². The molecule has 0 amide bonds. The van der Waals surface area contributed by atoms with Gasteiger partial charge in [-0.05, 0) is 13.8 Å². The number of ether oxygens (including phenoxy) is 2. The zero-order chi connectivity index (χ0) is 12.2. The Labute approximate surface area is 99.1 Å². The highest BCUT2D eigenvalue weighted by atomic mass is 16.5. The predicted molar refractivity (Wildman–Crippen MR) is 66.0 cm³/mol. The molecule has 0 radical (unpaired) electrons. The van der Waals surface area contributed by atoms with Gasteiger partial charge in [0.15, 0.2) is 0 Å². The first kappa shape index (κ1) is 15.0. The second-order valence-electron chi connectivity index (χ2n) is 3.65. The van der Waals surface area contributed by atoms with Crippen molar-refractivity contribution < 1.29 is 9.47 Å². The fourth-order valence-corrected chi connectivity index (χ4v) is 1.11. The highest BCUT2D eigenvalue weighted by Gasteiger charge is 2.00. The Morgan fingerprint density at radius 1 is 1.06 bits per heavy atom. The molecule has 0 spiro atoms. The van der Waals surface area contributed by atoms with Crippen molar-refractivity contribution in [2.45, 2.75) is 20.0 Å². The maximum atomic E-state index is 5.40. The zero-order valence-electron chi connectivity index (χ0n) is 10.2. The Bertz CT molecular complexity index is 221. The van der Waals surface area contributed by atoms with E-state index in [1.54, 1.807) is 0 Å². The van der Waals surface area contributed by atoms with E-state index in [0.29, 0.717) is 32.9 Å². The second kappa shape index (κ2) is 10.5. The fourth-order valence-electron chi connectivity index (χ4n) is 1.11. The van der Waals surface area contributed by atoms with Crippen molar-refractivity contribution in [3.8, 4) is 24.7 Å². The lowest BCUT2D eigenvalue weighted by atomic mass is 10.4. The van der Waals surface area contributed by atoms with Crippen molar-refractivity contribution in [3.05, 3.63) is 0 Å². The summed E-state index contributed by atoms with van der Waals surface area (Å²) in [5, 5.41) is 0. The summed E-state index contributed by atoms with van der Waals surface area (Å²) in [6.07, 6.45) is 10.7. The normalized spacial score (nSPS) is 10.4. The predicted octanol–water partition coefficient (Wildman–Crippen LogP) is 0.996. The molecule has 90 valence electrons. The minimum absolute atomic E-state index is 0.253. The van der Waals surface area contributed by atoms with Crippen molar-refractivity contribution in [2.24, 2.45) is 0 Å². The molecule has 0 fully saturated rings. The largest absolute Gasteiger partial charge is 0.378 e. The fraction of sp³-hybridized carbons (Fsp3) is 0.692. The van der Waals surface area contributed by atoms with E-state index in [9.17, 15) is 0 Å². The third-order valence-electron chi connectivity index (χ3n) is 1.86. The van der Waals surface area contributed by atoms with Crippen LogP contribution in [0.25, 0.3) is 0 Å². The molecule has 0 bridgehead atoms. The number of nitrogens with zero attached hydrogens (tertiary/aromatic N) is 1. The smallest absolute Gasteiger partial charge is 0.0703 e. The standard InChI is InChI=1S/C13H21NO2/c1-5-7-14(8-6-2)9-10-15-11-12-16-13(3)4/h1-2,13H,7-12H2,3-4H3. The van der Waals surface area contributed by atoms with Gasteiger partial charge in [0.25, 0.3) is 0 Å². The van der Waals surface area contributed by atoms with E-state index in [4.69, 9.17) is 22.3 Å². The molecule has 0 saturated heterocycles. The van der Waals surface area contributed by atoms with Gasteiger partial charge in [-0.15, -0.1) is 12.8 Å². The van der Waals surface area contributed by atoms with Crippen molar-refractivity contribution in [3.63, 3.8) is 0 Å². The number of rotatable bonds is 9. The monoisotopic (exact) mass is 223 g/mol. The molecule has 0 atom stereocenters. The van der Waals surface area contributed by atoms with Crippen LogP contribution in [0, 0.1) is 24.7 Å². The summed E-state index contributed by atoms with van der Waals surface area (Å²) in [7, 11) is 0. The molecule has 0 aromatic heterocycles. The van der Waals surface area contributed by atoms with Gasteiger partial charge in [-0.25, -0.2) is 0 Å². The maximum absolute atomic E-state index is 5.40. The van der Waals surface area contributed by atoms with E-state index < -0.39 is 0 Å². The van der Waals surface area contributed by atoms with E-state index in [0.717, 1.165) is 6.54 Å². The Morgan fingerprint density at radius 2 is 1.69 bits per heavy atom. The van der Waals surface area contributed by atoms with Gasteiger partial charge in [0.1, 0.15) is 0 Å². The Kier molecular flexibility index (Phi) is 9.86. The topological polar surface area (TPSA) is 21.7 Å². The number of hydrogen-bond acceptors (Lipinski definition) is 3. The maximum Gasteiger partial charge on any atom is 0.0703 e. The Hall–Kier alpha value is -1.00. The zero-order valence-corrected chi connectivity index (χ0v) is 10.2. The SMILES string of the molecule is C#CCN(CC#C)CCOCCOC(C)C. The summed E-state index contributed by atoms with van der Waals surface area (Å²) in [4.78, 5) is 1.99. The van der Waals surface area contributed by atoms with Gasteiger partial charge >= 0.3 is 0 Å². The molecule has 0 aliphatic carbocycles. The summed E-state index contributed by atoms with van der Waals surface area (Å²) in [6, 6.07) is 0. The van der Waals surface area contributed by atoms with Gasteiger partial charge in [-0.2, -0.15) is 0 Å². The quantitative estimate of drug-likeness (QED) is 0.430. The van der Waals surface area contributed by atoms with Crippen LogP contribution in [0.5, 0.6) is 0 Å². The van der Waals surface area contributed by atoms with Crippen molar-refractivity contribution in [2.75, 3.05) is 39.5 Å². The van der Waals surface area contributed by atoms with Gasteiger partial charge in [-0.3, -0.25) is 4.90 Å². The van der Waals surface area contributed by atoms with Gasteiger partial charge in [0.05, 0.1) is 39.0 Å². The third kappa shape index (κ3) is 9.55. The van der Waals surface area contributed by atoms with Crippen molar-refractivity contribution in [1.29, 1.82) is 0 Å². The molecule has 3 nitrogen and oxygen atoms in total. The van der Waals surface area contributed by atoms with Crippen LogP contribution in [0.3, 0.4) is 0 Å². The van der Waals surface area contributed by atoms with E-state index in [1.807, 2.05) is 18.7 Å². The summed E-state index contributed by atoms with van der Waals surface area (Å²) in [5.74, 6) is 5.14. The van der Waals surface area contributed by atoms with Crippen LogP contribution in [0.15, 0.2) is 0 Å². The molecule has 0 N–H and O–H groups in total. The first-order valence-corrected chi connectivity index (χ1v) is 5.49. The lowest BCUT2D eigenvalue weighted by molar-refractivity contribution is 0.0154. The Morgan fingerprint density at radius 3 is 2.19 bits per heavy atom. The second-order valence-corrected chi connectivity index (χ2v) is 3.65. The van der Waals surface area contributed by atoms with E-state index in [2.05, 4.69) is 11.8 Å². The highest BCUT2D eigenvalue weighted by Crippen LogP contribution is 1.89. The molecule has 0 aliphatic rings. The Balaban J connectivity index is 3.41. The molecule has 0 unspecified atom stereocenters. The van der Waals surface area contributed by atoms with Crippen LogP contribution in [0.1, 0.15) is 13.8 Å². The van der Waals surface area contributed by atoms with Crippen LogP contribution in [0.2, 0.25) is 0 Å². The van der Waals surface area contributed by atoms with Crippen molar-refractivity contribution in [1.82, 2.24) is 4.90 Å². The van der Waals surface area contributed by atoms with Crippen LogP contribution in [-0.2, 0) is 9.47 Å². The molecule has 16 heavy (non-hydrogen) atoms. The summed E-state index contributed by atoms with van der Waals surface area (Å²) >= 11 is 0. The highest BCUT2D eigenvalue weighted by molar-refractivity contribution is 4.94. The molecule has 0 aliphatic heterocycles. The van der Waals surface area contributed by atoms with E-state index in [-0.39, 0.29) is 6.10 Å². The minimum Gasteiger partial charge on any atom is -0.378 e. The average molecular weight is 223 g/mol. The lowest BCUT2D eigenvalue weighted by Gasteiger charge is -2.16. The summed E-state index contributed by atoms with van der Waals surface area (Å²) in [5.41, 5.74) is 0. The molecule has 0 heterocycles.